The Bertz CT molecular complexity index is 558. The van der Waals surface area contributed by atoms with E-state index in [1.54, 1.807) is 0 Å². The van der Waals surface area contributed by atoms with E-state index in [0.717, 1.165) is 30.6 Å². The van der Waals surface area contributed by atoms with Crippen LogP contribution in [0.3, 0.4) is 0 Å². The number of benzene rings is 1. The molecule has 3 rings (SSSR count). The van der Waals surface area contributed by atoms with Crippen molar-refractivity contribution in [1.29, 1.82) is 0 Å². The van der Waals surface area contributed by atoms with Gasteiger partial charge in [-0.05, 0) is 93.1 Å². The van der Waals surface area contributed by atoms with Crippen molar-refractivity contribution in [1.82, 2.24) is 0 Å². The average molecular weight is 397 g/mol. The van der Waals surface area contributed by atoms with E-state index < -0.39 is 0 Å². The van der Waals surface area contributed by atoms with Gasteiger partial charge in [-0.3, -0.25) is 0 Å². The quantitative estimate of drug-likeness (QED) is 0.274. The maximum absolute atomic E-state index is 11.0. The van der Waals surface area contributed by atoms with Gasteiger partial charge in [0.2, 0.25) is 0 Å². The fourth-order valence-electron chi connectivity index (χ4n) is 5.91. The Kier molecular flexibility index (Phi) is 9.77. The van der Waals surface area contributed by atoms with Gasteiger partial charge in [-0.15, -0.1) is 0 Å². The molecule has 0 aliphatic heterocycles. The fourth-order valence-corrected chi connectivity index (χ4v) is 5.91. The summed E-state index contributed by atoms with van der Waals surface area (Å²) < 4.78 is 0. The summed E-state index contributed by atoms with van der Waals surface area (Å²) in [6.45, 7) is 2.27. The highest BCUT2D eigenvalue weighted by atomic mass is 16.1. The van der Waals surface area contributed by atoms with Gasteiger partial charge in [0.25, 0.3) is 0 Å². The molecular weight excluding hydrogens is 352 g/mol. The van der Waals surface area contributed by atoms with Crippen LogP contribution in [0, 0.1) is 23.7 Å². The Balaban J connectivity index is 1.26. The number of carbonyl (C=O) groups is 1. The Labute approximate surface area is 180 Å². The lowest BCUT2D eigenvalue weighted by Crippen LogP contribution is -2.26. The number of hydrogen-bond acceptors (Lipinski definition) is 1. The zero-order valence-electron chi connectivity index (χ0n) is 18.9. The maximum Gasteiger partial charge on any atom is 0.123 e. The molecule has 0 N–H and O–H groups in total. The van der Waals surface area contributed by atoms with Crippen molar-refractivity contribution < 1.29 is 4.79 Å². The van der Waals surface area contributed by atoms with E-state index in [0.29, 0.717) is 5.92 Å². The van der Waals surface area contributed by atoms with Crippen LogP contribution in [-0.4, -0.2) is 6.29 Å². The van der Waals surface area contributed by atoms with Crippen LogP contribution in [0.5, 0.6) is 0 Å². The van der Waals surface area contributed by atoms with E-state index in [9.17, 15) is 4.79 Å². The van der Waals surface area contributed by atoms with E-state index in [4.69, 9.17) is 0 Å². The Morgan fingerprint density at radius 3 is 1.76 bits per heavy atom. The molecule has 1 aromatic carbocycles. The van der Waals surface area contributed by atoms with Crippen molar-refractivity contribution in [2.24, 2.45) is 23.7 Å². The molecule has 2 aliphatic carbocycles. The summed E-state index contributed by atoms with van der Waals surface area (Å²) in [5, 5.41) is 0. The van der Waals surface area contributed by atoms with Crippen molar-refractivity contribution >= 4 is 6.29 Å². The summed E-state index contributed by atoms with van der Waals surface area (Å²) in [5.74, 6) is 3.25. The number of hydrogen-bond donors (Lipinski definition) is 0. The number of carbonyl (C=O) groups excluding carboxylic acids is 1. The summed E-state index contributed by atoms with van der Waals surface area (Å²) >= 11 is 0. The van der Waals surface area contributed by atoms with Gasteiger partial charge in [-0.1, -0.05) is 69.7 Å². The highest BCUT2D eigenvalue weighted by molar-refractivity contribution is 5.53. The Hall–Kier alpha value is -1.11. The van der Waals surface area contributed by atoms with Gasteiger partial charge in [-0.2, -0.15) is 0 Å². The highest BCUT2D eigenvalue weighted by Gasteiger charge is 2.30. The molecule has 0 unspecified atom stereocenters. The first-order chi connectivity index (χ1) is 14.3. The second-order valence-corrected chi connectivity index (χ2v) is 10.1. The van der Waals surface area contributed by atoms with Crippen LogP contribution in [0.4, 0.5) is 0 Å². The predicted octanol–water partition coefficient (Wildman–Crippen LogP) is 7.94. The predicted molar refractivity (Wildman–Crippen MR) is 124 cm³/mol. The van der Waals surface area contributed by atoms with E-state index in [1.165, 1.54) is 107 Å². The van der Waals surface area contributed by atoms with Crippen molar-refractivity contribution in [2.75, 3.05) is 0 Å². The molecule has 29 heavy (non-hydrogen) atoms. The lowest BCUT2D eigenvalue weighted by atomic mass is 9.69. The molecule has 0 bridgehead atoms. The summed E-state index contributed by atoms with van der Waals surface area (Å²) in [4.78, 5) is 11.0. The second kappa shape index (κ2) is 12.6. The first kappa shape index (κ1) is 22.6. The molecule has 2 fully saturated rings. The minimum absolute atomic E-state index is 0.375. The van der Waals surface area contributed by atoms with Gasteiger partial charge in [0.05, 0.1) is 0 Å². The number of rotatable bonds is 11. The Morgan fingerprint density at radius 1 is 0.724 bits per heavy atom. The molecule has 1 aromatic rings. The number of unbranched alkanes of at least 4 members (excludes halogenated alkanes) is 3. The molecule has 0 heterocycles. The standard InChI is InChI=1S/C28H44O/c1-2-3-4-7-23-10-12-24(13-11-23)8-5-6-9-25-14-18-27(19-15-25)28-20-16-26(22-29)17-21-28/h10-13,22,25-28H,2-9,14-21H2,1H3. The molecular formula is C28H44O. The van der Waals surface area contributed by atoms with Crippen molar-refractivity contribution in [2.45, 2.75) is 110 Å². The van der Waals surface area contributed by atoms with Crippen molar-refractivity contribution in [3.63, 3.8) is 0 Å². The highest BCUT2D eigenvalue weighted by Crippen LogP contribution is 2.42. The summed E-state index contributed by atoms with van der Waals surface area (Å²) in [6.07, 6.45) is 22.7. The summed E-state index contributed by atoms with van der Waals surface area (Å²) in [6, 6.07) is 9.45. The summed E-state index contributed by atoms with van der Waals surface area (Å²) in [5.41, 5.74) is 3.04. The fraction of sp³-hybridized carbons (Fsp3) is 0.750. The van der Waals surface area contributed by atoms with Crippen LogP contribution >= 0.6 is 0 Å². The third-order valence-corrected chi connectivity index (χ3v) is 7.99. The first-order valence-electron chi connectivity index (χ1n) is 12.8. The van der Waals surface area contributed by atoms with Gasteiger partial charge >= 0.3 is 0 Å². The zero-order valence-corrected chi connectivity index (χ0v) is 18.9. The van der Waals surface area contributed by atoms with E-state index in [2.05, 4.69) is 31.2 Å². The average Bonchev–Trinajstić information content (AvgIpc) is 2.78. The topological polar surface area (TPSA) is 17.1 Å². The molecule has 0 atom stereocenters. The van der Waals surface area contributed by atoms with Crippen LogP contribution in [0.25, 0.3) is 0 Å². The van der Waals surface area contributed by atoms with Crippen LogP contribution < -0.4 is 0 Å². The van der Waals surface area contributed by atoms with Crippen molar-refractivity contribution in [3.8, 4) is 0 Å². The van der Waals surface area contributed by atoms with Crippen LogP contribution in [0.2, 0.25) is 0 Å². The Morgan fingerprint density at radius 2 is 1.24 bits per heavy atom. The SMILES string of the molecule is CCCCCc1ccc(CCCCC2CCC(C3CCC(C=O)CC3)CC2)cc1. The molecule has 0 amide bonds. The van der Waals surface area contributed by atoms with Gasteiger partial charge in [0.1, 0.15) is 6.29 Å². The van der Waals surface area contributed by atoms with Crippen LogP contribution in [0.15, 0.2) is 24.3 Å². The molecule has 1 heteroatoms. The molecule has 162 valence electrons. The summed E-state index contributed by atoms with van der Waals surface area (Å²) in [7, 11) is 0. The second-order valence-electron chi connectivity index (χ2n) is 10.1. The molecule has 2 saturated carbocycles. The monoisotopic (exact) mass is 396 g/mol. The van der Waals surface area contributed by atoms with Gasteiger partial charge in [0.15, 0.2) is 0 Å². The van der Waals surface area contributed by atoms with Crippen molar-refractivity contribution in [3.05, 3.63) is 35.4 Å². The minimum Gasteiger partial charge on any atom is -0.303 e. The third kappa shape index (κ3) is 7.58. The number of aryl methyl sites for hydroxylation is 2. The van der Waals surface area contributed by atoms with E-state index in [1.807, 2.05) is 0 Å². The maximum atomic E-state index is 11.0. The van der Waals surface area contributed by atoms with Gasteiger partial charge in [0, 0.05) is 5.92 Å². The van der Waals surface area contributed by atoms with Gasteiger partial charge in [-0.25, -0.2) is 0 Å². The van der Waals surface area contributed by atoms with Crippen LogP contribution in [0.1, 0.15) is 108 Å². The molecule has 0 saturated heterocycles. The minimum atomic E-state index is 0.375. The first-order valence-corrected chi connectivity index (χ1v) is 12.8. The van der Waals surface area contributed by atoms with Gasteiger partial charge < -0.3 is 4.79 Å². The molecule has 2 aliphatic rings. The smallest absolute Gasteiger partial charge is 0.123 e. The lowest BCUT2D eigenvalue weighted by Gasteiger charge is -2.37. The van der Waals surface area contributed by atoms with E-state index in [-0.39, 0.29) is 0 Å². The van der Waals surface area contributed by atoms with E-state index >= 15 is 0 Å². The molecule has 1 nitrogen and oxygen atoms in total. The largest absolute Gasteiger partial charge is 0.303 e. The van der Waals surface area contributed by atoms with Crippen LogP contribution in [-0.2, 0) is 17.6 Å². The molecule has 0 radical (unpaired) electrons. The number of aldehydes is 1. The lowest BCUT2D eigenvalue weighted by molar-refractivity contribution is -0.112. The third-order valence-electron chi connectivity index (χ3n) is 7.99. The normalized spacial score (nSPS) is 27.6. The molecule has 0 aromatic heterocycles. The molecule has 0 spiro atoms. The zero-order chi connectivity index (χ0) is 20.3.